The predicted molar refractivity (Wildman–Crippen MR) is 254 cm³/mol. The summed E-state index contributed by atoms with van der Waals surface area (Å²) in [5.74, 6) is 0.592. The Morgan fingerprint density at radius 1 is 0.410 bits per heavy atom. The van der Waals surface area contributed by atoms with Gasteiger partial charge < -0.3 is 13.9 Å². The van der Waals surface area contributed by atoms with Crippen LogP contribution < -0.4 is 4.90 Å². The number of fused-ring (bicyclic) bond motifs is 7. The second-order valence-corrected chi connectivity index (χ2v) is 15.5. The number of rotatable bonds is 7. The fourth-order valence-corrected chi connectivity index (χ4v) is 9.28. The second kappa shape index (κ2) is 14.3. The van der Waals surface area contributed by atoms with E-state index in [0.717, 1.165) is 67.0 Å². The van der Waals surface area contributed by atoms with Crippen molar-refractivity contribution in [3.63, 3.8) is 0 Å². The lowest BCUT2D eigenvalue weighted by atomic mass is 9.97. The third-order valence-electron chi connectivity index (χ3n) is 12.0. The van der Waals surface area contributed by atoms with Gasteiger partial charge in [-0.25, -0.2) is 4.98 Å². The molecule has 2 heterocycles. The summed E-state index contributed by atoms with van der Waals surface area (Å²) in [5.41, 5.74) is 13.5. The number of hydrogen-bond donors (Lipinski definition) is 0. The van der Waals surface area contributed by atoms with Gasteiger partial charge in [0.05, 0.1) is 28.1 Å². The van der Waals surface area contributed by atoms with Gasteiger partial charge in [-0.2, -0.15) is 0 Å². The molecule has 0 spiro atoms. The summed E-state index contributed by atoms with van der Waals surface area (Å²) in [6, 6.07) is 79.9. The van der Waals surface area contributed by atoms with Crippen molar-refractivity contribution in [3.8, 4) is 39.4 Å². The maximum absolute atomic E-state index is 6.76. The summed E-state index contributed by atoms with van der Waals surface area (Å²) in [5, 5.41) is 7.22. The van der Waals surface area contributed by atoms with Crippen LogP contribution in [0.1, 0.15) is 0 Å². The normalized spacial score (nSPS) is 11.6. The van der Waals surface area contributed by atoms with E-state index in [-0.39, 0.29) is 0 Å². The lowest BCUT2D eigenvalue weighted by Crippen LogP contribution is -2.11. The van der Waals surface area contributed by atoms with Crippen molar-refractivity contribution < 1.29 is 4.42 Å². The van der Waals surface area contributed by atoms with Crippen LogP contribution in [0.25, 0.3) is 93.8 Å². The molecule has 0 atom stereocenters. The van der Waals surface area contributed by atoms with E-state index in [1.807, 2.05) is 36.4 Å². The number of oxazole rings is 1. The largest absolute Gasteiger partial charge is 0.434 e. The third-order valence-corrected chi connectivity index (χ3v) is 12.0. The van der Waals surface area contributed by atoms with Crippen molar-refractivity contribution in [1.82, 2.24) is 9.55 Å². The Bertz CT molecular complexity index is 3590. The van der Waals surface area contributed by atoms with Crippen molar-refractivity contribution in [3.05, 3.63) is 224 Å². The molecule has 12 rings (SSSR count). The zero-order valence-electron chi connectivity index (χ0n) is 33.1. The highest BCUT2D eigenvalue weighted by Crippen LogP contribution is 2.47. The molecule has 12 aromatic rings. The molecule has 4 heteroatoms. The number of nitrogens with zero attached hydrogens (tertiary/aromatic N) is 3. The van der Waals surface area contributed by atoms with Crippen LogP contribution in [0.15, 0.2) is 229 Å². The summed E-state index contributed by atoms with van der Waals surface area (Å²) in [4.78, 5) is 7.36. The highest BCUT2D eigenvalue weighted by atomic mass is 16.3. The van der Waals surface area contributed by atoms with Crippen LogP contribution >= 0.6 is 0 Å². The van der Waals surface area contributed by atoms with E-state index in [4.69, 9.17) is 9.40 Å². The Labute approximate surface area is 352 Å². The minimum absolute atomic E-state index is 0.592. The molecule has 0 radical (unpaired) electrons. The van der Waals surface area contributed by atoms with Gasteiger partial charge in [0.1, 0.15) is 5.52 Å². The molecule has 0 N–H and O–H groups in total. The van der Waals surface area contributed by atoms with E-state index in [0.29, 0.717) is 5.89 Å². The third kappa shape index (κ3) is 5.72. The Hall–Kier alpha value is -8.21. The first-order valence-corrected chi connectivity index (χ1v) is 20.7. The van der Waals surface area contributed by atoms with Crippen LogP contribution in [-0.4, -0.2) is 9.55 Å². The zero-order valence-corrected chi connectivity index (χ0v) is 33.1. The highest BCUT2D eigenvalue weighted by molar-refractivity contribution is 6.22. The summed E-state index contributed by atoms with van der Waals surface area (Å²) in [7, 11) is 0. The van der Waals surface area contributed by atoms with Crippen LogP contribution in [0.5, 0.6) is 0 Å². The maximum Gasteiger partial charge on any atom is 0.227 e. The Balaban J connectivity index is 1.15. The molecule has 2 aromatic heterocycles. The number of hydrogen-bond acceptors (Lipinski definition) is 3. The zero-order chi connectivity index (χ0) is 40.3. The van der Waals surface area contributed by atoms with Crippen LogP contribution in [-0.2, 0) is 0 Å². The fourth-order valence-electron chi connectivity index (χ4n) is 9.28. The second-order valence-electron chi connectivity index (χ2n) is 15.5. The molecule has 0 aliphatic heterocycles. The monoisotopic (exact) mass is 779 g/mol. The topological polar surface area (TPSA) is 34.2 Å². The minimum Gasteiger partial charge on any atom is -0.434 e. The summed E-state index contributed by atoms with van der Waals surface area (Å²) >= 11 is 0. The fraction of sp³-hybridized carbons (Fsp3) is 0. The molecule has 0 bridgehead atoms. The molecule has 0 amide bonds. The first-order valence-electron chi connectivity index (χ1n) is 20.7. The molecule has 4 nitrogen and oxygen atoms in total. The molecule has 0 aliphatic carbocycles. The molecular weight excluding hydrogens is 743 g/mol. The minimum atomic E-state index is 0.592. The maximum atomic E-state index is 6.76. The smallest absolute Gasteiger partial charge is 0.227 e. The number of para-hydroxylation sites is 2. The van der Waals surface area contributed by atoms with Gasteiger partial charge >= 0.3 is 0 Å². The van der Waals surface area contributed by atoms with Crippen molar-refractivity contribution in [2.75, 3.05) is 4.90 Å². The van der Waals surface area contributed by atoms with Gasteiger partial charge in [-0.1, -0.05) is 164 Å². The molecule has 0 saturated carbocycles. The average Bonchev–Trinajstić information content (AvgIpc) is 3.93. The van der Waals surface area contributed by atoms with Crippen molar-refractivity contribution in [1.29, 1.82) is 0 Å². The summed E-state index contributed by atoms with van der Waals surface area (Å²) in [6.45, 7) is 0. The Morgan fingerprint density at radius 2 is 1.03 bits per heavy atom. The van der Waals surface area contributed by atoms with E-state index in [2.05, 4.69) is 198 Å². The summed E-state index contributed by atoms with van der Waals surface area (Å²) < 4.78 is 9.22. The van der Waals surface area contributed by atoms with Crippen molar-refractivity contribution in [2.24, 2.45) is 0 Å². The summed E-state index contributed by atoms with van der Waals surface area (Å²) in [6.07, 6.45) is 0. The molecule has 0 unspecified atom stereocenters. The molecule has 61 heavy (non-hydrogen) atoms. The number of aromatic nitrogens is 2. The van der Waals surface area contributed by atoms with Gasteiger partial charge in [0.25, 0.3) is 0 Å². The quantitative estimate of drug-likeness (QED) is 0.162. The molecule has 0 saturated heterocycles. The molecule has 0 fully saturated rings. The molecule has 0 aliphatic rings. The van der Waals surface area contributed by atoms with E-state index in [1.54, 1.807) is 0 Å². The van der Waals surface area contributed by atoms with Crippen molar-refractivity contribution in [2.45, 2.75) is 0 Å². The van der Waals surface area contributed by atoms with Gasteiger partial charge in [-0.3, -0.25) is 0 Å². The standard InChI is InChI=1S/C57H37N3O/c1-4-17-38(18-5-1)43-33-36-51(47-27-13-12-26-46(43)47)60-52-35-32-42(37-48(52)55-45-25-11-10-21-40(45)31-34-53(55)60)59(50-29-15-14-24-44(50)39-19-6-2-7-20-39)54-30-16-28-49-56(54)61-57(58-49)41-22-8-3-9-23-41/h1-37H. The number of benzene rings is 10. The van der Waals surface area contributed by atoms with Crippen LogP contribution in [0.4, 0.5) is 17.1 Å². The molecular formula is C57H37N3O. The highest BCUT2D eigenvalue weighted by Gasteiger charge is 2.25. The first-order chi connectivity index (χ1) is 30.3. The Morgan fingerprint density at radius 3 is 1.82 bits per heavy atom. The van der Waals surface area contributed by atoms with E-state index < -0.39 is 0 Å². The van der Waals surface area contributed by atoms with E-state index >= 15 is 0 Å². The average molecular weight is 780 g/mol. The van der Waals surface area contributed by atoms with Crippen LogP contribution in [0, 0.1) is 0 Å². The predicted octanol–water partition coefficient (Wildman–Crippen LogP) is 15.7. The molecule has 286 valence electrons. The van der Waals surface area contributed by atoms with Crippen LogP contribution in [0.2, 0.25) is 0 Å². The van der Waals surface area contributed by atoms with Gasteiger partial charge in [0, 0.05) is 33.0 Å². The first kappa shape index (κ1) is 34.8. The van der Waals surface area contributed by atoms with Gasteiger partial charge in [-0.05, 0) is 93.5 Å². The van der Waals surface area contributed by atoms with Gasteiger partial charge in [0.2, 0.25) is 5.89 Å². The van der Waals surface area contributed by atoms with Gasteiger partial charge in [-0.15, -0.1) is 0 Å². The Kier molecular flexibility index (Phi) is 8.13. The SMILES string of the molecule is c1ccc(-c2nc3cccc(N(c4ccc5c(c4)c4c6ccccc6ccc4n5-c4ccc(-c5ccccc5)c5ccccc45)c4ccccc4-c4ccccc4)c3o2)cc1. The van der Waals surface area contributed by atoms with E-state index in [9.17, 15) is 0 Å². The molecule has 10 aromatic carbocycles. The van der Waals surface area contributed by atoms with Crippen LogP contribution in [0.3, 0.4) is 0 Å². The lowest BCUT2D eigenvalue weighted by molar-refractivity contribution is 0.620. The lowest BCUT2D eigenvalue weighted by Gasteiger charge is -2.28. The number of anilines is 3. The van der Waals surface area contributed by atoms with Gasteiger partial charge in [0.15, 0.2) is 5.58 Å². The van der Waals surface area contributed by atoms with Crippen molar-refractivity contribution >= 4 is 71.5 Å². The van der Waals surface area contributed by atoms with E-state index in [1.165, 1.54) is 38.1 Å².